The van der Waals surface area contributed by atoms with E-state index in [9.17, 15) is 15.0 Å². The lowest BCUT2D eigenvalue weighted by atomic mass is 10.1. The minimum atomic E-state index is -1.26. The summed E-state index contributed by atoms with van der Waals surface area (Å²) in [4.78, 5) is 35.1. The van der Waals surface area contributed by atoms with Gasteiger partial charge in [0, 0.05) is 17.7 Å². The van der Waals surface area contributed by atoms with Crippen molar-refractivity contribution in [2.24, 2.45) is 0 Å². The van der Waals surface area contributed by atoms with Crippen LogP contribution < -0.4 is 19.1 Å². The number of nitrogens with zero attached hydrogens (tertiary/aromatic N) is 6. The molecule has 5 aromatic rings. The van der Waals surface area contributed by atoms with Crippen LogP contribution in [0.1, 0.15) is 33.3 Å². The van der Waals surface area contributed by atoms with Crippen molar-refractivity contribution in [1.29, 1.82) is 0 Å². The molecule has 0 bridgehead atoms. The lowest BCUT2D eigenvalue weighted by molar-refractivity contribution is 0.116. The van der Waals surface area contributed by atoms with Crippen LogP contribution in [0.2, 0.25) is 0 Å². The third kappa shape index (κ3) is 6.60. The van der Waals surface area contributed by atoms with E-state index in [0.717, 1.165) is 16.0 Å². The standard InChI is InChI=1S/C30H31FN6O6S/c1-6-41-26-13-32-27-20(7-15(2)8-23(27)35-26)28-36-22-9-21(31)24(10-25(22)44-28)43-18(5)17(4)37(30(39)40)19-11-33-29(34-12-19)42-14-16(3)38/h7-13,16-18,38H,6,14H2,1-5H3,(H,39,40). The second kappa shape index (κ2) is 12.9. The fourth-order valence-corrected chi connectivity index (χ4v) is 5.49. The number of hydrogen-bond donors (Lipinski definition) is 2. The number of aliphatic hydroxyl groups is 1. The Morgan fingerprint density at radius 2 is 1.77 bits per heavy atom. The number of thiazole rings is 1. The van der Waals surface area contributed by atoms with Gasteiger partial charge in [-0.25, -0.2) is 34.1 Å². The minimum Gasteiger partial charge on any atom is -0.485 e. The molecule has 5 rings (SSSR count). The van der Waals surface area contributed by atoms with Gasteiger partial charge in [0.2, 0.25) is 5.88 Å². The second-order valence-corrected chi connectivity index (χ2v) is 11.2. The van der Waals surface area contributed by atoms with Gasteiger partial charge in [0.25, 0.3) is 0 Å². The molecule has 1 amide bonds. The van der Waals surface area contributed by atoms with Gasteiger partial charge in [0.15, 0.2) is 11.6 Å². The first kappa shape index (κ1) is 30.8. The first-order chi connectivity index (χ1) is 21.0. The van der Waals surface area contributed by atoms with Gasteiger partial charge in [0.1, 0.15) is 17.7 Å². The van der Waals surface area contributed by atoms with Gasteiger partial charge >= 0.3 is 12.1 Å². The van der Waals surface area contributed by atoms with E-state index in [2.05, 4.69) is 24.9 Å². The van der Waals surface area contributed by atoms with Crippen molar-refractivity contribution in [2.75, 3.05) is 18.1 Å². The van der Waals surface area contributed by atoms with Crippen molar-refractivity contribution in [3.8, 4) is 28.2 Å². The zero-order valence-electron chi connectivity index (χ0n) is 24.7. The molecule has 0 aliphatic carbocycles. The number of carbonyl (C=O) groups is 1. The predicted octanol–water partition coefficient (Wildman–Crippen LogP) is 5.64. The van der Waals surface area contributed by atoms with E-state index >= 15 is 4.39 Å². The zero-order valence-corrected chi connectivity index (χ0v) is 25.5. The average molecular weight is 623 g/mol. The Labute approximate surface area is 256 Å². The predicted molar refractivity (Wildman–Crippen MR) is 163 cm³/mol. The molecule has 230 valence electrons. The number of aryl methyl sites for hydroxylation is 1. The summed E-state index contributed by atoms with van der Waals surface area (Å²) in [6.45, 7) is 9.13. The quantitative estimate of drug-likeness (QED) is 0.188. The second-order valence-electron chi connectivity index (χ2n) is 10.2. The molecule has 3 unspecified atom stereocenters. The highest BCUT2D eigenvalue weighted by molar-refractivity contribution is 7.21. The first-order valence-corrected chi connectivity index (χ1v) is 14.7. The van der Waals surface area contributed by atoms with Gasteiger partial charge in [-0.15, -0.1) is 11.3 Å². The molecule has 3 aromatic heterocycles. The van der Waals surface area contributed by atoms with Crippen LogP contribution >= 0.6 is 11.3 Å². The summed E-state index contributed by atoms with van der Waals surface area (Å²) in [5, 5.41) is 20.0. The van der Waals surface area contributed by atoms with Crippen molar-refractivity contribution in [2.45, 2.75) is 52.9 Å². The molecule has 0 fully saturated rings. The third-order valence-electron chi connectivity index (χ3n) is 6.69. The number of fused-ring (bicyclic) bond motifs is 2. The van der Waals surface area contributed by atoms with E-state index in [1.165, 1.54) is 29.8 Å². The van der Waals surface area contributed by atoms with Gasteiger partial charge in [-0.3, -0.25) is 4.90 Å². The maximum absolute atomic E-state index is 15.3. The number of rotatable bonds is 11. The van der Waals surface area contributed by atoms with Gasteiger partial charge in [0.05, 0.1) is 64.3 Å². The normalized spacial score (nSPS) is 13.4. The lowest BCUT2D eigenvalue weighted by Gasteiger charge is -2.30. The summed E-state index contributed by atoms with van der Waals surface area (Å²) in [6.07, 6.45) is 1.41. The largest absolute Gasteiger partial charge is 0.485 e. The Balaban J connectivity index is 1.39. The number of carboxylic acid groups (broad SMARTS) is 1. The molecular formula is C30H31FN6O6S. The molecule has 14 heteroatoms. The van der Waals surface area contributed by atoms with E-state index < -0.39 is 30.2 Å². The number of amides is 1. The first-order valence-electron chi connectivity index (χ1n) is 13.9. The van der Waals surface area contributed by atoms with Crippen LogP contribution in [-0.2, 0) is 0 Å². The molecule has 2 aromatic carbocycles. The van der Waals surface area contributed by atoms with Crippen LogP contribution in [-0.4, -0.2) is 72.7 Å². The maximum Gasteiger partial charge on any atom is 0.412 e. The van der Waals surface area contributed by atoms with E-state index in [1.54, 1.807) is 33.0 Å². The van der Waals surface area contributed by atoms with E-state index in [4.69, 9.17) is 14.2 Å². The van der Waals surface area contributed by atoms with Crippen LogP contribution in [0, 0.1) is 12.7 Å². The van der Waals surface area contributed by atoms with E-state index in [0.29, 0.717) is 38.7 Å². The number of benzene rings is 2. The molecule has 44 heavy (non-hydrogen) atoms. The summed E-state index contributed by atoms with van der Waals surface area (Å²) < 4.78 is 32.7. The SMILES string of the molecule is CCOc1cnc2c(-c3nc4cc(F)c(OC(C)C(C)N(C(=O)O)c5cnc(OCC(C)O)nc5)cc4s3)cc(C)cc2n1. The molecule has 3 atom stereocenters. The summed E-state index contributed by atoms with van der Waals surface area (Å²) in [5.41, 5.74) is 3.67. The number of halogens is 1. The molecule has 2 N–H and O–H groups in total. The Morgan fingerprint density at radius 3 is 2.45 bits per heavy atom. The third-order valence-corrected chi connectivity index (χ3v) is 7.74. The summed E-state index contributed by atoms with van der Waals surface area (Å²) in [6, 6.07) is 5.98. The van der Waals surface area contributed by atoms with Crippen molar-refractivity contribution in [3.63, 3.8) is 0 Å². The number of hydrogen-bond acceptors (Lipinski definition) is 11. The molecule has 0 radical (unpaired) electrons. The summed E-state index contributed by atoms with van der Waals surface area (Å²) in [7, 11) is 0. The Kier molecular flexibility index (Phi) is 9.01. The fourth-order valence-electron chi connectivity index (χ4n) is 4.50. The Bertz CT molecular complexity index is 1800. The van der Waals surface area contributed by atoms with Crippen LogP contribution in [0.4, 0.5) is 14.9 Å². The van der Waals surface area contributed by atoms with Crippen LogP contribution in [0.5, 0.6) is 17.6 Å². The number of aliphatic hydroxyl groups excluding tert-OH is 1. The minimum absolute atomic E-state index is 0.00259. The smallest absolute Gasteiger partial charge is 0.412 e. The van der Waals surface area contributed by atoms with Gasteiger partial charge in [-0.1, -0.05) is 0 Å². The topological polar surface area (TPSA) is 153 Å². The highest BCUT2D eigenvalue weighted by Gasteiger charge is 2.29. The molecular weight excluding hydrogens is 591 g/mol. The van der Waals surface area contributed by atoms with Crippen molar-refractivity contribution < 1.29 is 33.6 Å². The van der Waals surface area contributed by atoms with E-state index in [1.807, 2.05) is 26.0 Å². The summed E-state index contributed by atoms with van der Waals surface area (Å²) in [5.74, 6) is -0.236. The Hall–Kier alpha value is -4.69. The highest BCUT2D eigenvalue weighted by atomic mass is 32.1. The Morgan fingerprint density at radius 1 is 1.02 bits per heavy atom. The molecule has 3 heterocycles. The monoisotopic (exact) mass is 622 g/mol. The average Bonchev–Trinajstić information content (AvgIpc) is 3.38. The molecule has 0 spiro atoms. The molecule has 0 aliphatic heterocycles. The van der Waals surface area contributed by atoms with Crippen LogP contribution in [0.15, 0.2) is 42.9 Å². The van der Waals surface area contributed by atoms with Gasteiger partial charge < -0.3 is 24.4 Å². The lowest BCUT2D eigenvalue weighted by Crippen LogP contribution is -2.46. The number of aromatic nitrogens is 5. The van der Waals surface area contributed by atoms with Gasteiger partial charge in [-0.2, -0.15) is 0 Å². The highest BCUT2D eigenvalue weighted by Crippen LogP contribution is 2.37. The number of anilines is 1. The number of ether oxygens (including phenoxy) is 3. The zero-order chi connectivity index (χ0) is 31.5. The van der Waals surface area contributed by atoms with Crippen molar-refractivity contribution in [3.05, 3.63) is 54.2 Å². The van der Waals surface area contributed by atoms with Crippen LogP contribution in [0.3, 0.4) is 0 Å². The van der Waals surface area contributed by atoms with Crippen molar-refractivity contribution in [1.82, 2.24) is 24.9 Å². The molecule has 0 saturated heterocycles. The van der Waals surface area contributed by atoms with Crippen LogP contribution in [0.25, 0.3) is 31.8 Å². The van der Waals surface area contributed by atoms with Crippen molar-refractivity contribution >= 4 is 44.4 Å². The maximum atomic E-state index is 15.3. The molecule has 0 aliphatic rings. The summed E-state index contributed by atoms with van der Waals surface area (Å²) >= 11 is 1.36. The molecule has 12 nitrogen and oxygen atoms in total. The van der Waals surface area contributed by atoms with E-state index in [-0.39, 0.29) is 24.1 Å². The van der Waals surface area contributed by atoms with Gasteiger partial charge in [-0.05, 0) is 52.3 Å². The molecule has 0 saturated carbocycles. The fraction of sp³-hybridized carbons (Fsp3) is 0.333.